The number of nitrogens with zero attached hydrogens (tertiary/aromatic N) is 3. The largest absolute Gasteiger partial charge is 0.342 e. The monoisotopic (exact) mass is 323 g/mol. The molecule has 3 aromatic rings. The average Bonchev–Trinajstić information content (AvgIpc) is 2.89. The maximum absolute atomic E-state index is 14.6. The molecule has 4 heteroatoms. The van der Waals surface area contributed by atoms with Crippen LogP contribution in [0.2, 0.25) is 0 Å². The molecule has 2 aromatic heterocycles. The van der Waals surface area contributed by atoms with Crippen molar-refractivity contribution in [3.63, 3.8) is 0 Å². The Morgan fingerprint density at radius 1 is 1.25 bits per heavy atom. The van der Waals surface area contributed by atoms with Crippen molar-refractivity contribution in [2.75, 3.05) is 7.05 Å². The highest BCUT2D eigenvalue weighted by Gasteiger charge is 2.27. The molecule has 1 aromatic carbocycles. The molecular weight excluding hydrogens is 301 g/mol. The fourth-order valence-electron chi connectivity index (χ4n) is 3.77. The Balaban J connectivity index is 1.80. The van der Waals surface area contributed by atoms with Gasteiger partial charge >= 0.3 is 0 Å². The van der Waals surface area contributed by atoms with Crippen molar-refractivity contribution < 1.29 is 4.39 Å². The third kappa shape index (κ3) is 2.51. The summed E-state index contributed by atoms with van der Waals surface area (Å²) in [5, 5.41) is 1.06. The van der Waals surface area contributed by atoms with Crippen molar-refractivity contribution in [2.24, 2.45) is 0 Å². The Bertz CT molecular complexity index is 869. The van der Waals surface area contributed by atoms with Crippen molar-refractivity contribution in [3.05, 3.63) is 65.4 Å². The van der Waals surface area contributed by atoms with E-state index in [2.05, 4.69) is 40.6 Å². The Hall–Kier alpha value is -2.20. The standard InChI is InChI=1S/C20H22FN3/c1-14-11-19-17(13-23(14)2)16-6-3-7-18(21)20(16)24(19)10-8-15-5-4-9-22-12-15/h3-7,9,12,14H,8,10-11,13H2,1-2H3. The number of rotatable bonds is 3. The number of benzene rings is 1. The molecule has 0 aliphatic carbocycles. The number of likely N-dealkylation sites (N-methyl/N-ethyl adjacent to an activating group) is 1. The normalized spacial score (nSPS) is 18.0. The van der Waals surface area contributed by atoms with E-state index in [9.17, 15) is 4.39 Å². The summed E-state index contributed by atoms with van der Waals surface area (Å²) < 4.78 is 16.8. The second-order valence-electron chi connectivity index (χ2n) is 6.79. The van der Waals surface area contributed by atoms with Crippen LogP contribution in [0.15, 0.2) is 42.7 Å². The highest BCUT2D eigenvalue weighted by Crippen LogP contribution is 2.33. The summed E-state index contributed by atoms with van der Waals surface area (Å²) in [5.74, 6) is -0.122. The van der Waals surface area contributed by atoms with E-state index >= 15 is 0 Å². The molecular formula is C20H22FN3. The first kappa shape index (κ1) is 15.3. The minimum absolute atomic E-state index is 0.122. The van der Waals surface area contributed by atoms with E-state index in [1.165, 1.54) is 16.8 Å². The Kier molecular flexibility index (Phi) is 3.85. The number of fused-ring (bicyclic) bond motifs is 3. The van der Waals surface area contributed by atoms with E-state index < -0.39 is 0 Å². The second-order valence-corrected chi connectivity index (χ2v) is 6.79. The van der Waals surface area contributed by atoms with Gasteiger partial charge in [0.15, 0.2) is 0 Å². The van der Waals surface area contributed by atoms with E-state index in [0.717, 1.165) is 36.8 Å². The molecule has 1 atom stereocenters. The summed E-state index contributed by atoms with van der Waals surface area (Å²) in [4.78, 5) is 6.53. The predicted octanol–water partition coefficient (Wildman–Crippen LogP) is 3.79. The van der Waals surface area contributed by atoms with Gasteiger partial charge in [0.25, 0.3) is 0 Å². The molecule has 0 bridgehead atoms. The van der Waals surface area contributed by atoms with Gasteiger partial charge in [-0.05, 0) is 43.7 Å². The lowest BCUT2D eigenvalue weighted by molar-refractivity contribution is 0.228. The number of pyridine rings is 1. The zero-order valence-corrected chi connectivity index (χ0v) is 14.2. The zero-order valence-electron chi connectivity index (χ0n) is 14.2. The second kappa shape index (κ2) is 6.02. The molecule has 1 aliphatic heterocycles. The van der Waals surface area contributed by atoms with Crippen LogP contribution in [-0.2, 0) is 25.9 Å². The molecule has 24 heavy (non-hydrogen) atoms. The third-order valence-corrected chi connectivity index (χ3v) is 5.25. The highest BCUT2D eigenvalue weighted by atomic mass is 19.1. The van der Waals surface area contributed by atoms with Gasteiger partial charge in [-0.1, -0.05) is 18.2 Å². The number of hydrogen-bond acceptors (Lipinski definition) is 2. The lowest BCUT2D eigenvalue weighted by Crippen LogP contribution is -2.35. The van der Waals surface area contributed by atoms with E-state index in [4.69, 9.17) is 0 Å². The van der Waals surface area contributed by atoms with Crippen LogP contribution in [0.3, 0.4) is 0 Å². The third-order valence-electron chi connectivity index (χ3n) is 5.25. The minimum Gasteiger partial charge on any atom is -0.342 e. The van der Waals surface area contributed by atoms with Crippen LogP contribution in [0.5, 0.6) is 0 Å². The lowest BCUT2D eigenvalue weighted by Gasteiger charge is -2.31. The van der Waals surface area contributed by atoms with Crippen LogP contribution in [0.4, 0.5) is 4.39 Å². The fourth-order valence-corrected chi connectivity index (χ4v) is 3.77. The van der Waals surface area contributed by atoms with Crippen molar-refractivity contribution in [1.29, 1.82) is 0 Å². The molecule has 1 unspecified atom stereocenters. The number of para-hydroxylation sites is 1. The summed E-state index contributed by atoms with van der Waals surface area (Å²) >= 11 is 0. The van der Waals surface area contributed by atoms with Crippen molar-refractivity contribution in [1.82, 2.24) is 14.5 Å². The first-order chi connectivity index (χ1) is 11.6. The van der Waals surface area contributed by atoms with E-state index in [0.29, 0.717) is 6.04 Å². The maximum atomic E-state index is 14.6. The quantitative estimate of drug-likeness (QED) is 0.731. The average molecular weight is 323 g/mol. The molecule has 124 valence electrons. The summed E-state index contributed by atoms with van der Waals surface area (Å²) in [6.07, 6.45) is 5.51. The summed E-state index contributed by atoms with van der Waals surface area (Å²) in [6, 6.07) is 9.96. The molecule has 0 amide bonds. The van der Waals surface area contributed by atoms with Gasteiger partial charge in [-0.3, -0.25) is 9.88 Å². The predicted molar refractivity (Wildman–Crippen MR) is 94.5 cm³/mol. The Morgan fingerprint density at radius 3 is 2.92 bits per heavy atom. The van der Waals surface area contributed by atoms with Gasteiger partial charge in [0.2, 0.25) is 0 Å². The smallest absolute Gasteiger partial charge is 0.147 e. The molecule has 3 nitrogen and oxygen atoms in total. The van der Waals surface area contributed by atoms with E-state index in [-0.39, 0.29) is 5.82 Å². The van der Waals surface area contributed by atoms with Crippen LogP contribution in [0.1, 0.15) is 23.7 Å². The molecule has 3 heterocycles. The summed E-state index contributed by atoms with van der Waals surface area (Å²) in [6.45, 7) is 3.91. The van der Waals surface area contributed by atoms with E-state index in [1.54, 1.807) is 12.3 Å². The lowest BCUT2D eigenvalue weighted by atomic mass is 10.00. The molecule has 0 fully saturated rings. The number of aromatic nitrogens is 2. The van der Waals surface area contributed by atoms with Gasteiger partial charge in [-0.2, -0.15) is 0 Å². The van der Waals surface area contributed by atoms with Gasteiger partial charge in [-0.15, -0.1) is 0 Å². The van der Waals surface area contributed by atoms with Gasteiger partial charge in [0, 0.05) is 49.0 Å². The number of halogens is 1. The molecule has 0 saturated carbocycles. The van der Waals surface area contributed by atoms with Crippen molar-refractivity contribution in [3.8, 4) is 0 Å². The van der Waals surface area contributed by atoms with Crippen LogP contribution < -0.4 is 0 Å². The maximum Gasteiger partial charge on any atom is 0.147 e. The van der Waals surface area contributed by atoms with Crippen molar-refractivity contribution in [2.45, 2.75) is 38.9 Å². The topological polar surface area (TPSA) is 21.1 Å². The Labute approximate surface area is 141 Å². The van der Waals surface area contributed by atoms with Gasteiger partial charge in [0.1, 0.15) is 5.82 Å². The van der Waals surface area contributed by atoms with Crippen molar-refractivity contribution >= 4 is 10.9 Å². The summed E-state index contributed by atoms with van der Waals surface area (Å²) in [7, 11) is 2.14. The van der Waals surface area contributed by atoms with Gasteiger partial charge < -0.3 is 4.57 Å². The van der Waals surface area contributed by atoms with Crippen LogP contribution in [0.25, 0.3) is 10.9 Å². The first-order valence-electron chi connectivity index (χ1n) is 8.52. The molecule has 4 rings (SSSR count). The van der Waals surface area contributed by atoms with Crippen LogP contribution in [0, 0.1) is 5.82 Å². The SMILES string of the molecule is CC1Cc2c(c3cccc(F)c3n2CCc2cccnc2)CN1C. The molecule has 0 spiro atoms. The molecule has 0 N–H and O–H groups in total. The zero-order chi connectivity index (χ0) is 16.7. The van der Waals surface area contributed by atoms with Crippen LogP contribution >= 0.6 is 0 Å². The van der Waals surface area contributed by atoms with Gasteiger partial charge in [0.05, 0.1) is 5.52 Å². The van der Waals surface area contributed by atoms with Gasteiger partial charge in [-0.25, -0.2) is 4.39 Å². The molecule has 1 aliphatic rings. The fraction of sp³-hybridized carbons (Fsp3) is 0.350. The highest BCUT2D eigenvalue weighted by molar-refractivity contribution is 5.86. The minimum atomic E-state index is -0.122. The number of aryl methyl sites for hydroxylation is 2. The Morgan fingerprint density at radius 2 is 2.12 bits per heavy atom. The first-order valence-corrected chi connectivity index (χ1v) is 8.52. The number of hydrogen-bond donors (Lipinski definition) is 0. The molecule has 0 saturated heterocycles. The van der Waals surface area contributed by atoms with Crippen LogP contribution in [-0.4, -0.2) is 27.5 Å². The van der Waals surface area contributed by atoms with E-state index in [1.807, 2.05) is 18.3 Å². The molecule has 0 radical (unpaired) electrons. The summed E-state index contributed by atoms with van der Waals surface area (Å²) in [5.41, 5.74) is 4.53.